The van der Waals surface area contributed by atoms with Crippen LogP contribution in [0.1, 0.15) is 24.8 Å². The van der Waals surface area contributed by atoms with Gasteiger partial charge in [0.05, 0.1) is 0 Å². The molecular formula is C13H17N3O. The number of nitrogens with two attached hydrogens (primary N) is 1. The summed E-state index contributed by atoms with van der Waals surface area (Å²) in [6, 6.07) is 8.19. The van der Waals surface area contributed by atoms with E-state index in [1.165, 1.54) is 5.56 Å². The summed E-state index contributed by atoms with van der Waals surface area (Å²) in [6.07, 6.45) is 2.65. The highest BCUT2D eigenvalue weighted by atomic mass is 16.4. The fourth-order valence-corrected chi connectivity index (χ4v) is 1.61. The van der Waals surface area contributed by atoms with E-state index in [1.54, 1.807) is 0 Å². The van der Waals surface area contributed by atoms with Gasteiger partial charge in [-0.15, -0.1) is 10.2 Å². The molecule has 0 bridgehead atoms. The van der Waals surface area contributed by atoms with Crippen molar-refractivity contribution in [3.63, 3.8) is 0 Å². The molecule has 0 fully saturated rings. The first kappa shape index (κ1) is 11.8. The molecule has 17 heavy (non-hydrogen) atoms. The summed E-state index contributed by atoms with van der Waals surface area (Å²) in [7, 11) is 0. The third kappa shape index (κ3) is 2.91. The van der Waals surface area contributed by atoms with Crippen molar-refractivity contribution >= 4 is 0 Å². The lowest BCUT2D eigenvalue weighted by Crippen LogP contribution is -2.00. The maximum absolute atomic E-state index is 5.57. The van der Waals surface area contributed by atoms with Crippen molar-refractivity contribution in [2.45, 2.75) is 26.2 Å². The molecule has 0 aliphatic heterocycles. The van der Waals surface area contributed by atoms with Crippen molar-refractivity contribution in [3.05, 3.63) is 35.7 Å². The average Bonchev–Trinajstić information content (AvgIpc) is 2.85. The van der Waals surface area contributed by atoms with Gasteiger partial charge in [0.25, 0.3) is 0 Å². The molecule has 1 aromatic heterocycles. The predicted octanol–water partition coefficient (Wildman–Crippen LogP) is 2.19. The van der Waals surface area contributed by atoms with E-state index in [0.29, 0.717) is 18.3 Å². The summed E-state index contributed by atoms with van der Waals surface area (Å²) in [5.74, 6) is 1.24. The minimum Gasteiger partial charge on any atom is -0.421 e. The molecule has 0 aliphatic carbocycles. The summed E-state index contributed by atoms with van der Waals surface area (Å²) in [4.78, 5) is 0. The Kier molecular flexibility index (Phi) is 3.88. The average molecular weight is 231 g/mol. The molecule has 0 saturated carbocycles. The zero-order valence-electron chi connectivity index (χ0n) is 10.0. The maximum atomic E-state index is 5.57. The first-order valence-electron chi connectivity index (χ1n) is 5.95. The second-order valence-electron chi connectivity index (χ2n) is 3.94. The second kappa shape index (κ2) is 5.59. The van der Waals surface area contributed by atoms with Gasteiger partial charge in [0.15, 0.2) is 0 Å². The van der Waals surface area contributed by atoms with Gasteiger partial charge in [-0.3, -0.25) is 0 Å². The van der Waals surface area contributed by atoms with Gasteiger partial charge < -0.3 is 10.2 Å². The highest BCUT2D eigenvalue weighted by Gasteiger charge is 2.07. The van der Waals surface area contributed by atoms with E-state index < -0.39 is 0 Å². The molecule has 0 spiro atoms. The first-order valence-corrected chi connectivity index (χ1v) is 5.95. The molecule has 90 valence electrons. The molecule has 1 aromatic carbocycles. The van der Waals surface area contributed by atoms with Crippen LogP contribution in [0.3, 0.4) is 0 Å². The Bertz CT molecular complexity index is 462. The number of hydrogen-bond donors (Lipinski definition) is 1. The summed E-state index contributed by atoms with van der Waals surface area (Å²) >= 11 is 0. The lowest BCUT2D eigenvalue weighted by molar-refractivity contribution is 0.499. The van der Waals surface area contributed by atoms with Crippen LogP contribution in [0.25, 0.3) is 11.5 Å². The molecule has 4 nitrogen and oxygen atoms in total. The molecule has 0 saturated heterocycles. The number of aromatic nitrogens is 2. The summed E-state index contributed by atoms with van der Waals surface area (Å²) in [5, 5.41) is 8.04. The minimum absolute atomic E-state index is 0.583. The number of benzene rings is 1. The SMILES string of the molecule is CCc1ccc(-c2nnc(CCCN)o2)cc1. The Morgan fingerprint density at radius 1 is 1.18 bits per heavy atom. The fraction of sp³-hybridized carbons (Fsp3) is 0.385. The molecule has 1 heterocycles. The van der Waals surface area contributed by atoms with E-state index in [4.69, 9.17) is 10.2 Å². The number of rotatable bonds is 5. The molecule has 0 radical (unpaired) electrons. The molecule has 4 heteroatoms. The van der Waals surface area contributed by atoms with Crippen LogP contribution in [0.15, 0.2) is 28.7 Å². The molecule has 2 aromatic rings. The lowest BCUT2D eigenvalue weighted by atomic mass is 10.1. The summed E-state index contributed by atoms with van der Waals surface area (Å²) < 4.78 is 5.57. The Hall–Kier alpha value is -1.68. The van der Waals surface area contributed by atoms with Crippen LogP contribution < -0.4 is 5.73 Å². The predicted molar refractivity (Wildman–Crippen MR) is 66.5 cm³/mol. The van der Waals surface area contributed by atoms with Crippen LogP contribution in [0.2, 0.25) is 0 Å². The van der Waals surface area contributed by atoms with E-state index in [-0.39, 0.29) is 0 Å². The van der Waals surface area contributed by atoms with Crippen LogP contribution in [-0.2, 0) is 12.8 Å². The lowest BCUT2D eigenvalue weighted by Gasteiger charge is -1.97. The largest absolute Gasteiger partial charge is 0.421 e. The molecule has 0 aliphatic rings. The van der Waals surface area contributed by atoms with Crippen molar-refractivity contribution in [2.24, 2.45) is 5.73 Å². The molecule has 2 N–H and O–H groups in total. The van der Waals surface area contributed by atoms with Gasteiger partial charge in [-0.05, 0) is 37.1 Å². The van der Waals surface area contributed by atoms with E-state index in [2.05, 4.69) is 29.3 Å². The Labute approximate surface area is 101 Å². The van der Waals surface area contributed by atoms with Gasteiger partial charge >= 0.3 is 0 Å². The van der Waals surface area contributed by atoms with E-state index >= 15 is 0 Å². The van der Waals surface area contributed by atoms with Crippen molar-refractivity contribution in [2.75, 3.05) is 6.54 Å². The van der Waals surface area contributed by atoms with Crippen molar-refractivity contribution in [1.82, 2.24) is 10.2 Å². The van der Waals surface area contributed by atoms with Crippen molar-refractivity contribution in [3.8, 4) is 11.5 Å². The molecular weight excluding hydrogens is 214 g/mol. The zero-order chi connectivity index (χ0) is 12.1. The summed E-state index contributed by atoms with van der Waals surface area (Å²) in [6.45, 7) is 2.77. The van der Waals surface area contributed by atoms with Crippen molar-refractivity contribution in [1.29, 1.82) is 0 Å². The van der Waals surface area contributed by atoms with Crippen LogP contribution in [0.5, 0.6) is 0 Å². The van der Waals surface area contributed by atoms with Crippen LogP contribution in [0, 0.1) is 0 Å². The van der Waals surface area contributed by atoms with Gasteiger partial charge in [0.1, 0.15) is 0 Å². The number of aryl methyl sites for hydroxylation is 2. The molecule has 2 rings (SSSR count). The minimum atomic E-state index is 0.583. The summed E-state index contributed by atoms with van der Waals surface area (Å²) in [5.41, 5.74) is 7.71. The van der Waals surface area contributed by atoms with E-state index in [9.17, 15) is 0 Å². The standard InChI is InChI=1S/C13H17N3O/c1-2-10-5-7-11(8-6-10)13-16-15-12(17-13)4-3-9-14/h5-8H,2-4,9,14H2,1H3. The first-order chi connectivity index (χ1) is 8.33. The zero-order valence-corrected chi connectivity index (χ0v) is 10.0. The van der Waals surface area contributed by atoms with Crippen molar-refractivity contribution < 1.29 is 4.42 Å². The Morgan fingerprint density at radius 3 is 2.59 bits per heavy atom. The fourth-order valence-electron chi connectivity index (χ4n) is 1.61. The topological polar surface area (TPSA) is 64.9 Å². The molecule has 0 unspecified atom stereocenters. The van der Waals surface area contributed by atoms with E-state index in [1.807, 2.05) is 12.1 Å². The van der Waals surface area contributed by atoms with Crippen LogP contribution in [-0.4, -0.2) is 16.7 Å². The monoisotopic (exact) mass is 231 g/mol. The van der Waals surface area contributed by atoms with Gasteiger partial charge in [-0.1, -0.05) is 19.1 Å². The van der Waals surface area contributed by atoms with E-state index in [0.717, 1.165) is 24.8 Å². The third-order valence-electron chi connectivity index (χ3n) is 2.67. The Balaban J connectivity index is 2.12. The van der Waals surface area contributed by atoms with Gasteiger partial charge in [-0.25, -0.2) is 0 Å². The molecule has 0 atom stereocenters. The second-order valence-corrected chi connectivity index (χ2v) is 3.94. The number of nitrogens with zero attached hydrogens (tertiary/aromatic N) is 2. The normalized spacial score (nSPS) is 10.7. The maximum Gasteiger partial charge on any atom is 0.247 e. The molecule has 0 amide bonds. The smallest absolute Gasteiger partial charge is 0.247 e. The number of hydrogen-bond acceptors (Lipinski definition) is 4. The highest BCUT2D eigenvalue weighted by molar-refractivity contribution is 5.52. The van der Waals surface area contributed by atoms with Crippen LogP contribution >= 0.6 is 0 Å². The third-order valence-corrected chi connectivity index (χ3v) is 2.67. The highest BCUT2D eigenvalue weighted by Crippen LogP contribution is 2.18. The van der Waals surface area contributed by atoms with Gasteiger partial charge in [0.2, 0.25) is 11.8 Å². The Morgan fingerprint density at radius 2 is 1.94 bits per heavy atom. The van der Waals surface area contributed by atoms with Gasteiger partial charge in [0, 0.05) is 12.0 Å². The van der Waals surface area contributed by atoms with Crippen LogP contribution in [0.4, 0.5) is 0 Å². The van der Waals surface area contributed by atoms with Gasteiger partial charge in [-0.2, -0.15) is 0 Å². The quantitative estimate of drug-likeness (QED) is 0.856.